The fourth-order valence-electron chi connectivity index (χ4n) is 3.27. The van der Waals surface area contributed by atoms with Gasteiger partial charge in [-0.2, -0.15) is 0 Å². The van der Waals surface area contributed by atoms with Crippen LogP contribution in [0.3, 0.4) is 0 Å². The highest BCUT2D eigenvalue weighted by molar-refractivity contribution is 6.09. The van der Waals surface area contributed by atoms with Gasteiger partial charge >= 0.3 is 0 Å². The van der Waals surface area contributed by atoms with Gasteiger partial charge < -0.3 is 9.47 Å². The van der Waals surface area contributed by atoms with E-state index in [1.54, 1.807) is 26.4 Å². The Hall–Kier alpha value is -2.62. The molecule has 0 amide bonds. The Kier molecular flexibility index (Phi) is 4.65. The number of hydrogen-bond acceptors (Lipinski definition) is 4. The number of carbonyl (C=O) groups is 2. The molecule has 0 bridgehead atoms. The minimum absolute atomic E-state index is 0.0131. The quantitative estimate of drug-likeness (QED) is 0.793. The van der Waals surface area contributed by atoms with Crippen LogP contribution in [0.4, 0.5) is 0 Å². The van der Waals surface area contributed by atoms with Crippen molar-refractivity contribution in [3.63, 3.8) is 0 Å². The number of ether oxygens (including phenoxy) is 2. The summed E-state index contributed by atoms with van der Waals surface area (Å²) in [5, 5.41) is 0. The van der Waals surface area contributed by atoms with Gasteiger partial charge in [-0.3, -0.25) is 9.59 Å². The van der Waals surface area contributed by atoms with Crippen LogP contribution in [0.1, 0.15) is 29.0 Å². The van der Waals surface area contributed by atoms with E-state index in [0.29, 0.717) is 17.9 Å². The molecular formula is C20H20O4. The van der Waals surface area contributed by atoms with Gasteiger partial charge in [0, 0.05) is 12.8 Å². The minimum Gasteiger partial charge on any atom is -0.493 e. The van der Waals surface area contributed by atoms with Crippen LogP contribution < -0.4 is 9.47 Å². The molecule has 0 saturated heterocycles. The van der Waals surface area contributed by atoms with Gasteiger partial charge in [0.1, 0.15) is 11.7 Å². The van der Waals surface area contributed by atoms with E-state index in [9.17, 15) is 9.59 Å². The summed E-state index contributed by atoms with van der Waals surface area (Å²) < 4.78 is 10.5. The van der Waals surface area contributed by atoms with Gasteiger partial charge in [0.05, 0.1) is 14.2 Å². The van der Waals surface area contributed by atoms with Crippen molar-refractivity contribution < 1.29 is 19.1 Å². The molecule has 1 aliphatic rings. The molecule has 0 fully saturated rings. The van der Waals surface area contributed by atoms with Crippen molar-refractivity contribution in [1.82, 2.24) is 0 Å². The predicted octanol–water partition coefficient (Wildman–Crippen LogP) is 3.11. The van der Waals surface area contributed by atoms with Crippen LogP contribution in [0.15, 0.2) is 42.5 Å². The monoisotopic (exact) mass is 324 g/mol. The summed E-state index contributed by atoms with van der Waals surface area (Å²) in [6.07, 6.45) is 1.35. The Bertz CT molecular complexity index is 779. The van der Waals surface area contributed by atoms with Gasteiger partial charge in [0.2, 0.25) is 0 Å². The lowest BCUT2D eigenvalue weighted by molar-refractivity contribution is -0.129. The van der Waals surface area contributed by atoms with Gasteiger partial charge in [-0.05, 0) is 35.2 Å². The third kappa shape index (κ3) is 3.04. The number of Topliss-reactive ketones (excluding diaryl/α,β-unsaturated/α-hetero) is 2. The maximum Gasteiger partial charge on any atom is 0.161 e. The van der Waals surface area contributed by atoms with Crippen LogP contribution in [0.5, 0.6) is 11.5 Å². The van der Waals surface area contributed by atoms with Crippen molar-refractivity contribution in [3.8, 4) is 11.5 Å². The first kappa shape index (κ1) is 16.2. The zero-order valence-electron chi connectivity index (χ0n) is 13.9. The number of hydrogen-bond donors (Lipinski definition) is 0. The molecule has 0 spiro atoms. The second-order valence-corrected chi connectivity index (χ2v) is 5.93. The Morgan fingerprint density at radius 3 is 2.54 bits per heavy atom. The molecule has 2 aromatic rings. The van der Waals surface area contributed by atoms with E-state index in [0.717, 1.165) is 23.1 Å². The van der Waals surface area contributed by atoms with Crippen molar-refractivity contribution in [1.29, 1.82) is 0 Å². The molecule has 4 nitrogen and oxygen atoms in total. The van der Waals surface area contributed by atoms with Gasteiger partial charge in [-0.1, -0.05) is 30.3 Å². The summed E-state index contributed by atoms with van der Waals surface area (Å²) >= 11 is 0. The lowest BCUT2D eigenvalue weighted by Crippen LogP contribution is -2.28. The zero-order valence-corrected chi connectivity index (χ0v) is 13.9. The number of benzene rings is 2. The van der Waals surface area contributed by atoms with Gasteiger partial charge in [-0.15, -0.1) is 0 Å². The molecule has 4 heteroatoms. The molecule has 3 rings (SSSR count). The number of aryl methyl sites for hydroxylation is 1. The molecule has 0 saturated carbocycles. The van der Waals surface area contributed by atoms with Crippen molar-refractivity contribution in [2.24, 2.45) is 0 Å². The third-order valence-corrected chi connectivity index (χ3v) is 4.48. The first-order valence-electron chi connectivity index (χ1n) is 7.98. The lowest BCUT2D eigenvalue weighted by Gasteiger charge is -2.23. The van der Waals surface area contributed by atoms with Crippen LogP contribution in [0.2, 0.25) is 0 Å². The Balaban J connectivity index is 1.86. The Morgan fingerprint density at radius 2 is 1.79 bits per heavy atom. The smallest absolute Gasteiger partial charge is 0.161 e. The van der Waals surface area contributed by atoms with E-state index in [4.69, 9.17) is 9.47 Å². The molecule has 0 heterocycles. The average molecular weight is 324 g/mol. The number of carbonyl (C=O) groups excluding carboxylic acids is 2. The molecule has 0 aliphatic heterocycles. The second-order valence-electron chi connectivity index (χ2n) is 5.93. The van der Waals surface area contributed by atoms with Crippen LogP contribution in [-0.4, -0.2) is 25.8 Å². The molecule has 124 valence electrons. The van der Waals surface area contributed by atoms with Crippen molar-refractivity contribution in [2.75, 3.05) is 14.2 Å². The van der Waals surface area contributed by atoms with Crippen molar-refractivity contribution in [3.05, 3.63) is 59.2 Å². The largest absolute Gasteiger partial charge is 0.493 e. The number of ketones is 2. The second kappa shape index (κ2) is 6.87. The molecule has 0 N–H and O–H groups in total. The number of rotatable bonds is 5. The molecule has 0 radical (unpaired) electrons. The molecule has 1 atom stereocenters. The third-order valence-electron chi connectivity index (χ3n) is 4.48. The van der Waals surface area contributed by atoms with E-state index in [1.165, 1.54) is 0 Å². The maximum absolute atomic E-state index is 12.8. The Morgan fingerprint density at radius 1 is 1.04 bits per heavy atom. The minimum atomic E-state index is -0.650. The van der Waals surface area contributed by atoms with Crippen LogP contribution in [-0.2, 0) is 22.4 Å². The highest BCUT2D eigenvalue weighted by Crippen LogP contribution is 2.32. The summed E-state index contributed by atoms with van der Waals surface area (Å²) in [6, 6.07) is 13.1. The zero-order chi connectivity index (χ0) is 17.1. The van der Waals surface area contributed by atoms with E-state index in [1.807, 2.05) is 30.3 Å². The molecule has 1 unspecified atom stereocenters. The molecule has 2 aromatic carbocycles. The van der Waals surface area contributed by atoms with E-state index in [-0.39, 0.29) is 18.0 Å². The van der Waals surface area contributed by atoms with E-state index in [2.05, 4.69) is 0 Å². The van der Waals surface area contributed by atoms with Crippen molar-refractivity contribution >= 4 is 11.6 Å². The highest BCUT2D eigenvalue weighted by Gasteiger charge is 2.32. The van der Waals surface area contributed by atoms with Crippen LogP contribution in [0.25, 0.3) is 0 Å². The number of fused-ring (bicyclic) bond motifs is 1. The SMILES string of the molecule is COc1ccc(CC(=O)C2C(=O)CCc3ccccc32)cc1OC. The Labute approximate surface area is 141 Å². The summed E-state index contributed by atoms with van der Waals surface area (Å²) in [4.78, 5) is 25.1. The normalized spacial score (nSPS) is 16.4. The summed E-state index contributed by atoms with van der Waals surface area (Å²) in [5.74, 6) is 0.493. The van der Waals surface area contributed by atoms with E-state index >= 15 is 0 Å². The van der Waals surface area contributed by atoms with Gasteiger partial charge in [0.25, 0.3) is 0 Å². The van der Waals surface area contributed by atoms with Gasteiger partial charge in [0.15, 0.2) is 17.3 Å². The molecule has 1 aliphatic carbocycles. The summed E-state index contributed by atoms with van der Waals surface area (Å²) in [7, 11) is 3.13. The summed E-state index contributed by atoms with van der Waals surface area (Å²) in [6.45, 7) is 0. The van der Waals surface area contributed by atoms with E-state index < -0.39 is 5.92 Å². The molecular weight excluding hydrogens is 304 g/mol. The lowest BCUT2D eigenvalue weighted by atomic mass is 9.78. The fourth-order valence-corrected chi connectivity index (χ4v) is 3.27. The first-order valence-corrected chi connectivity index (χ1v) is 7.98. The highest BCUT2D eigenvalue weighted by atomic mass is 16.5. The topological polar surface area (TPSA) is 52.6 Å². The van der Waals surface area contributed by atoms with Gasteiger partial charge in [-0.25, -0.2) is 0 Å². The number of methoxy groups -OCH3 is 2. The molecule has 0 aromatic heterocycles. The fraction of sp³-hybridized carbons (Fsp3) is 0.300. The maximum atomic E-state index is 12.8. The average Bonchev–Trinajstić information content (AvgIpc) is 2.61. The van der Waals surface area contributed by atoms with Crippen LogP contribution >= 0.6 is 0 Å². The first-order chi connectivity index (χ1) is 11.6. The standard InChI is InChI=1S/C20H20O4/c1-23-18-10-7-13(12-19(18)24-2)11-17(22)20-15-6-4-3-5-14(15)8-9-16(20)21/h3-7,10,12,20H,8-9,11H2,1-2H3. The summed E-state index contributed by atoms with van der Waals surface area (Å²) in [5.41, 5.74) is 2.77. The van der Waals surface area contributed by atoms with Crippen molar-refractivity contribution in [2.45, 2.75) is 25.2 Å². The molecule has 24 heavy (non-hydrogen) atoms. The van der Waals surface area contributed by atoms with Crippen LogP contribution in [0, 0.1) is 0 Å². The predicted molar refractivity (Wildman–Crippen MR) is 90.8 cm³/mol.